The van der Waals surface area contributed by atoms with Crippen LogP contribution in [-0.2, 0) is 27.3 Å². The molecule has 1 atom stereocenters. The smallest absolute Gasteiger partial charge is 0.414 e. The predicted molar refractivity (Wildman–Crippen MR) is 124 cm³/mol. The average molecular weight is 465 g/mol. The van der Waals surface area contributed by atoms with Crippen molar-refractivity contribution in [3.63, 3.8) is 0 Å². The summed E-state index contributed by atoms with van der Waals surface area (Å²) < 4.78 is 9.02. The van der Waals surface area contributed by atoms with Crippen molar-refractivity contribution >= 4 is 11.9 Å². The molecule has 2 aliphatic rings. The third-order valence-electron chi connectivity index (χ3n) is 6.14. The maximum atomic E-state index is 9.10. The molecule has 0 spiro atoms. The lowest BCUT2D eigenvalue weighted by Gasteiger charge is -2.32. The van der Waals surface area contributed by atoms with Gasteiger partial charge in [0.1, 0.15) is 11.9 Å². The van der Waals surface area contributed by atoms with Crippen molar-refractivity contribution in [1.82, 2.24) is 19.4 Å². The highest BCUT2D eigenvalue weighted by atomic mass is 16.5. The van der Waals surface area contributed by atoms with Crippen LogP contribution in [0.5, 0.6) is 0 Å². The first-order valence-electron chi connectivity index (χ1n) is 11.3. The second kappa shape index (κ2) is 10.6. The second-order valence-corrected chi connectivity index (χ2v) is 8.50. The number of rotatable bonds is 3. The van der Waals surface area contributed by atoms with Crippen LogP contribution in [0.2, 0.25) is 0 Å². The number of fused-ring (bicyclic) bond motifs is 2. The fourth-order valence-electron chi connectivity index (χ4n) is 4.32. The molecule has 0 aliphatic carbocycles. The van der Waals surface area contributed by atoms with Gasteiger partial charge in [-0.1, -0.05) is 24.3 Å². The molecule has 0 radical (unpaired) electrons. The number of hydrogen-bond acceptors (Lipinski definition) is 6. The van der Waals surface area contributed by atoms with Crippen LogP contribution in [0.1, 0.15) is 35.9 Å². The van der Waals surface area contributed by atoms with Gasteiger partial charge < -0.3 is 24.4 Å². The van der Waals surface area contributed by atoms with Gasteiger partial charge in [-0.2, -0.15) is 0 Å². The summed E-state index contributed by atoms with van der Waals surface area (Å²) in [4.78, 5) is 29.9. The molecule has 178 valence electrons. The molecule has 9 heteroatoms. The fourth-order valence-corrected chi connectivity index (χ4v) is 4.32. The van der Waals surface area contributed by atoms with E-state index in [1.807, 2.05) is 12.3 Å². The molecule has 1 unspecified atom stereocenters. The monoisotopic (exact) mass is 464 g/mol. The van der Waals surface area contributed by atoms with Crippen molar-refractivity contribution < 1.29 is 24.5 Å². The molecule has 0 amide bonds. The molecule has 0 saturated carbocycles. The van der Waals surface area contributed by atoms with E-state index in [-0.39, 0.29) is 12.2 Å². The number of nitrogens with zero attached hydrogens (tertiary/aromatic N) is 4. The molecule has 2 aliphatic heterocycles. The summed E-state index contributed by atoms with van der Waals surface area (Å²) in [5, 5.41) is 14.8. The molecular weight excluding hydrogens is 436 g/mol. The third-order valence-corrected chi connectivity index (χ3v) is 6.14. The highest BCUT2D eigenvalue weighted by Gasteiger charge is 2.30. The Morgan fingerprint density at radius 1 is 1.03 bits per heavy atom. The molecule has 1 saturated heterocycles. The zero-order valence-corrected chi connectivity index (χ0v) is 19.0. The Morgan fingerprint density at radius 3 is 2.44 bits per heavy atom. The van der Waals surface area contributed by atoms with Gasteiger partial charge in [-0.25, -0.2) is 14.6 Å². The number of piperidine rings is 1. The van der Waals surface area contributed by atoms with Crippen LogP contribution < -0.4 is 0 Å². The number of carboxylic acids is 2. The number of aliphatic carboxylic acids is 2. The van der Waals surface area contributed by atoms with Gasteiger partial charge in [-0.15, -0.1) is 0 Å². The lowest BCUT2D eigenvalue weighted by Crippen LogP contribution is -2.35. The number of aryl methyl sites for hydroxylation is 2. The minimum absolute atomic E-state index is 0.113. The van der Waals surface area contributed by atoms with Gasteiger partial charge in [0.05, 0.1) is 11.8 Å². The van der Waals surface area contributed by atoms with Gasteiger partial charge in [0.25, 0.3) is 0 Å². The van der Waals surface area contributed by atoms with E-state index in [2.05, 4.69) is 58.0 Å². The molecule has 2 N–H and O–H groups in total. The van der Waals surface area contributed by atoms with E-state index in [0.717, 1.165) is 56.0 Å². The standard InChI is InChI=1S/C23H26N4O.C2H2O4/c1-26-12-9-19(10-13-26)28-22-20-7-3-2-5-17(20)8-14-27-16-21(25-23(22)27)18-6-4-11-24-15-18;3-1(4)2(5)6/h2-7,11,15-16,19,22H,8-10,12-14H2,1H3;(H,3,4)(H,5,6). The molecule has 2 aromatic heterocycles. The van der Waals surface area contributed by atoms with E-state index in [1.165, 1.54) is 11.1 Å². The van der Waals surface area contributed by atoms with Crippen LogP contribution in [0.25, 0.3) is 11.3 Å². The lowest BCUT2D eigenvalue weighted by molar-refractivity contribution is -0.159. The molecule has 1 fully saturated rings. The van der Waals surface area contributed by atoms with Crippen LogP contribution in [-0.4, -0.2) is 67.8 Å². The Balaban J connectivity index is 0.000000408. The quantitative estimate of drug-likeness (QED) is 0.568. The van der Waals surface area contributed by atoms with Crippen LogP contribution in [0.4, 0.5) is 0 Å². The van der Waals surface area contributed by atoms with E-state index in [9.17, 15) is 0 Å². The molecule has 1 aromatic carbocycles. The number of hydrogen-bond donors (Lipinski definition) is 2. The van der Waals surface area contributed by atoms with Gasteiger partial charge in [0, 0.05) is 43.8 Å². The Morgan fingerprint density at radius 2 is 1.76 bits per heavy atom. The van der Waals surface area contributed by atoms with Crippen molar-refractivity contribution in [2.24, 2.45) is 0 Å². The molecule has 0 bridgehead atoms. The number of ether oxygens (including phenoxy) is 1. The Bertz CT molecular complexity index is 1130. The predicted octanol–water partition coefficient (Wildman–Crippen LogP) is 2.86. The number of aromatic nitrogens is 3. The van der Waals surface area contributed by atoms with Crippen LogP contribution >= 0.6 is 0 Å². The summed E-state index contributed by atoms with van der Waals surface area (Å²) in [6.07, 6.45) is 9.14. The third kappa shape index (κ3) is 5.49. The van der Waals surface area contributed by atoms with Crippen LogP contribution in [0.15, 0.2) is 55.0 Å². The zero-order valence-electron chi connectivity index (χ0n) is 19.0. The van der Waals surface area contributed by atoms with E-state index in [0.29, 0.717) is 0 Å². The Labute approximate surface area is 197 Å². The normalized spacial score (nSPS) is 18.1. The molecule has 5 rings (SSSR count). The summed E-state index contributed by atoms with van der Waals surface area (Å²) in [6.45, 7) is 3.11. The topological polar surface area (TPSA) is 118 Å². The maximum Gasteiger partial charge on any atom is 0.414 e. The van der Waals surface area contributed by atoms with Gasteiger partial charge in [0.15, 0.2) is 0 Å². The van der Waals surface area contributed by atoms with Crippen molar-refractivity contribution in [3.8, 4) is 11.3 Å². The number of benzene rings is 1. The highest BCUT2D eigenvalue weighted by molar-refractivity contribution is 6.27. The van der Waals surface area contributed by atoms with Gasteiger partial charge in [-0.3, -0.25) is 4.98 Å². The van der Waals surface area contributed by atoms with Crippen molar-refractivity contribution in [1.29, 1.82) is 0 Å². The summed E-state index contributed by atoms with van der Waals surface area (Å²) in [7, 11) is 2.18. The molecule has 34 heavy (non-hydrogen) atoms. The Kier molecular flexibility index (Phi) is 7.34. The number of pyridine rings is 1. The molecular formula is C25H28N4O5. The second-order valence-electron chi connectivity index (χ2n) is 8.50. The number of carboxylic acid groups (broad SMARTS) is 2. The van der Waals surface area contributed by atoms with Crippen molar-refractivity contribution in [2.45, 2.75) is 38.0 Å². The minimum atomic E-state index is -1.82. The summed E-state index contributed by atoms with van der Waals surface area (Å²) in [5.74, 6) is -2.63. The maximum absolute atomic E-state index is 9.10. The number of carbonyl (C=O) groups is 2. The summed E-state index contributed by atoms with van der Waals surface area (Å²) in [5.41, 5.74) is 4.66. The van der Waals surface area contributed by atoms with Gasteiger partial charge in [0.2, 0.25) is 0 Å². The molecule has 3 aromatic rings. The number of likely N-dealkylation sites (tertiary alicyclic amines) is 1. The molecule has 9 nitrogen and oxygen atoms in total. The fraction of sp³-hybridized carbons (Fsp3) is 0.360. The molecule has 4 heterocycles. The SMILES string of the molecule is CN1CCC(OC2c3ccccc3CCn3cc(-c4cccnc4)nc32)CC1.O=C(O)C(=O)O. The van der Waals surface area contributed by atoms with E-state index in [1.54, 1.807) is 6.20 Å². The average Bonchev–Trinajstić information content (AvgIpc) is 3.22. The zero-order chi connectivity index (χ0) is 24.1. The van der Waals surface area contributed by atoms with Gasteiger partial charge in [-0.05, 0) is 49.6 Å². The van der Waals surface area contributed by atoms with E-state index in [4.69, 9.17) is 29.5 Å². The van der Waals surface area contributed by atoms with Crippen molar-refractivity contribution in [2.75, 3.05) is 20.1 Å². The number of imidazole rings is 1. The van der Waals surface area contributed by atoms with Crippen molar-refractivity contribution in [3.05, 3.63) is 71.9 Å². The Hall–Kier alpha value is -3.56. The summed E-state index contributed by atoms with van der Waals surface area (Å²) >= 11 is 0. The van der Waals surface area contributed by atoms with E-state index < -0.39 is 11.9 Å². The summed E-state index contributed by atoms with van der Waals surface area (Å²) in [6, 6.07) is 12.7. The van der Waals surface area contributed by atoms with Crippen LogP contribution in [0.3, 0.4) is 0 Å². The van der Waals surface area contributed by atoms with Gasteiger partial charge >= 0.3 is 11.9 Å². The first-order valence-corrected chi connectivity index (χ1v) is 11.3. The lowest BCUT2D eigenvalue weighted by atomic mass is 10.00. The highest BCUT2D eigenvalue weighted by Crippen LogP contribution is 2.35. The largest absolute Gasteiger partial charge is 0.473 e. The van der Waals surface area contributed by atoms with Crippen LogP contribution in [0, 0.1) is 0 Å². The van der Waals surface area contributed by atoms with E-state index >= 15 is 0 Å². The first kappa shape index (κ1) is 23.6. The first-order chi connectivity index (χ1) is 16.4. The minimum Gasteiger partial charge on any atom is -0.473 e.